The van der Waals surface area contributed by atoms with Gasteiger partial charge in [-0.1, -0.05) is 0 Å². The summed E-state index contributed by atoms with van der Waals surface area (Å²) in [6, 6.07) is 6.80. The molecule has 4 nitrogen and oxygen atoms in total. The van der Waals surface area contributed by atoms with Crippen molar-refractivity contribution in [2.75, 3.05) is 6.61 Å². The number of aldehydes is 1. The summed E-state index contributed by atoms with van der Waals surface area (Å²) in [6.07, 6.45) is 0.171. The van der Waals surface area contributed by atoms with E-state index in [1.807, 2.05) is 6.07 Å². The first kappa shape index (κ1) is 8.57. The molecule has 0 saturated heterocycles. The van der Waals surface area contributed by atoms with Gasteiger partial charge in [-0.05, 0) is 18.2 Å². The molecule has 0 aliphatic carbocycles. The number of benzene rings is 1. The van der Waals surface area contributed by atoms with Crippen LogP contribution in [0.25, 0.3) is 0 Å². The highest BCUT2D eigenvalue weighted by atomic mass is 16.6. The van der Waals surface area contributed by atoms with Crippen molar-refractivity contribution in [3.8, 4) is 17.6 Å². The molecule has 70 valence electrons. The molecule has 14 heavy (non-hydrogen) atoms. The molecule has 0 amide bonds. The quantitative estimate of drug-likeness (QED) is 0.622. The number of hydrogen-bond donors (Lipinski definition) is 0. The first-order chi connectivity index (χ1) is 6.83. The summed E-state index contributed by atoms with van der Waals surface area (Å²) in [7, 11) is 0. The molecule has 1 heterocycles. The Bertz CT molecular complexity index is 408. The Morgan fingerprint density at radius 2 is 2.36 bits per heavy atom. The molecule has 1 aromatic carbocycles. The predicted molar refractivity (Wildman–Crippen MR) is 47.4 cm³/mol. The van der Waals surface area contributed by atoms with E-state index in [2.05, 4.69) is 0 Å². The van der Waals surface area contributed by atoms with Gasteiger partial charge in [-0.2, -0.15) is 5.26 Å². The summed E-state index contributed by atoms with van der Waals surface area (Å²) < 4.78 is 10.5. The van der Waals surface area contributed by atoms with Crippen LogP contribution in [0.5, 0.6) is 11.5 Å². The zero-order chi connectivity index (χ0) is 9.97. The maximum Gasteiger partial charge on any atom is 0.218 e. The summed E-state index contributed by atoms with van der Waals surface area (Å²) in [5.74, 6) is 1.02. The second-order valence-corrected chi connectivity index (χ2v) is 2.87. The highest BCUT2D eigenvalue weighted by Crippen LogP contribution is 2.31. The Hall–Kier alpha value is -2.02. The molecule has 1 aromatic rings. The van der Waals surface area contributed by atoms with Gasteiger partial charge in [-0.15, -0.1) is 0 Å². The van der Waals surface area contributed by atoms with Gasteiger partial charge in [0.1, 0.15) is 19.0 Å². The minimum atomic E-state index is -0.565. The Balaban J connectivity index is 2.33. The molecule has 0 unspecified atom stereocenters. The minimum Gasteiger partial charge on any atom is -0.485 e. The van der Waals surface area contributed by atoms with Gasteiger partial charge in [0.15, 0.2) is 11.5 Å². The second kappa shape index (κ2) is 3.38. The zero-order valence-corrected chi connectivity index (χ0v) is 7.27. The molecule has 0 saturated carbocycles. The van der Waals surface area contributed by atoms with Gasteiger partial charge in [0.05, 0.1) is 0 Å². The van der Waals surface area contributed by atoms with Crippen LogP contribution in [0.15, 0.2) is 18.2 Å². The smallest absolute Gasteiger partial charge is 0.218 e. The van der Waals surface area contributed by atoms with Gasteiger partial charge in [0, 0.05) is 5.56 Å². The monoisotopic (exact) mass is 189 g/mol. The number of ether oxygens (including phenoxy) is 2. The summed E-state index contributed by atoms with van der Waals surface area (Å²) in [5, 5.41) is 8.61. The van der Waals surface area contributed by atoms with Gasteiger partial charge in [0.25, 0.3) is 0 Å². The Kier molecular flexibility index (Phi) is 2.07. The van der Waals surface area contributed by atoms with Gasteiger partial charge < -0.3 is 9.47 Å². The highest BCUT2D eigenvalue weighted by molar-refractivity contribution is 5.76. The Morgan fingerprint density at radius 3 is 3.07 bits per heavy atom. The summed E-state index contributed by atoms with van der Waals surface area (Å²) in [6.45, 7) is 0.200. The third-order valence-electron chi connectivity index (χ3n) is 1.91. The number of rotatable bonds is 1. The zero-order valence-electron chi connectivity index (χ0n) is 7.27. The van der Waals surface area contributed by atoms with Crippen molar-refractivity contribution in [3.05, 3.63) is 23.8 Å². The van der Waals surface area contributed by atoms with Crippen molar-refractivity contribution >= 4 is 6.29 Å². The maximum absolute atomic E-state index is 10.5. The van der Waals surface area contributed by atoms with Crippen LogP contribution in [0, 0.1) is 11.3 Å². The Labute approximate surface area is 80.7 Å². The van der Waals surface area contributed by atoms with Crippen molar-refractivity contribution in [2.45, 2.75) is 6.10 Å². The molecular weight excluding hydrogens is 182 g/mol. The topological polar surface area (TPSA) is 59.3 Å². The van der Waals surface area contributed by atoms with Crippen molar-refractivity contribution in [3.63, 3.8) is 0 Å². The van der Waals surface area contributed by atoms with Crippen LogP contribution in [0.2, 0.25) is 0 Å². The minimum absolute atomic E-state index is 0.200. The summed E-state index contributed by atoms with van der Waals surface area (Å²) >= 11 is 0. The van der Waals surface area contributed by atoms with Gasteiger partial charge in [-0.3, -0.25) is 4.79 Å². The van der Waals surface area contributed by atoms with Crippen molar-refractivity contribution in [2.24, 2.45) is 0 Å². The lowest BCUT2D eigenvalue weighted by Gasteiger charge is -2.21. The van der Waals surface area contributed by atoms with E-state index in [1.54, 1.807) is 18.2 Å². The lowest BCUT2D eigenvalue weighted by atomic mass is 10.2. The molecule has 0 bridgehead atoms. The number of nitrogens with zero attached hydrogens (tertiary/aromatic N) is 1. The molecule has 2 rings (SSSR count). The van der Waals surface area contributed by atoms with E-state index in [0.717, 1.165) is 6.29 Å². The molecule has 1 aliphatic heterocycles. The molecule has 1 aliphatic rings. The van der Waals surface area contributed by atoms with Crippen LogP contribution in [0.3, 0.4) is 0 Å². The lowest BCUT2D eigenvalue weighted by molar-refractivity contribution is 0.111. The van der Waals surface area contributed by atoms with E-state index in [4.69, 9.17) is 14.7 Å². The summed E-state index contributed by atoms with van der Waals surface area (Å²) in [5.41, 5.74) is 0.530. The third kappa shape index (κ3) is 1.40. The predicted octanol–water partition coefficient (Wildman–Crippen LogP) is 1.16. The van der Waals surface area contributed by atoms with E-state index >= 15 is 0 Å². The molecular formula is C10H7NO3. The number of nitriles is 1. The average molecular weight is 189 g/mol. The highest BCUT2D eigenvalue weighted by Gasteiger charge is 2.20. The second-order valence-electron chi connectivity index (χ2n) is 2.87. The van der Waals surface area contributed by atoms with Crippen molar-refractivity contribution < 1.29 is 14.3 Å². The van der Waals surface area contributed by atoms with E-state index in [1.165, 1.54) is 0 Å². The molecule has 1 atom stereocenters. The number of fused-ring (bicyclic) bond motifs is 1. The number of carbonyl (C=O) groups is 1. The first-order valence-corrected chi connectivity index (χ1v) is 4.12. The van der Waals surface area contributed by atoms with Crippen LogP contribution in [0.1, 0.15) is 10.4 Å². The largest absolute Gasteiger partial charge is 0.485 e. The van der Waals surface area contributed by atoms with Crippen molar-refractivity contribution in [1.29, 1.82) is 5.26 Å². The SMILES string of the molecule is N#C[C@H]1COc2cc(C=O)ccc2O1. The van der Waals surface area contributed by atoms with E-state index < -0.39 is 6.10 Å². The number of carbonyl (C=O) groups excluding carboxylic acids is 1. The first-order valence-electron chi connectivity index (χ1n) is 4.12. The standard InChI is InChI=1S/C10H7NO3/c11-4-8-6-13-10-3-7(5-12)1-2-9(10)14-8/h1-3,5,8H,6H2/t8-/m0/s1. The fraction of sp³-hybridized carbons (Fsp3) is 0.200. The van der Waals surface area contributed by atoms with E-state index in [-0.39, 0.29) is 6.61 Å². The molecule has 0 N–H and O–H groups in total. The van der Waals surface area contributed by atoms with Crippen molar-refractivity contribution in [1.82, 2.24) is 0 Å². The Morgan fingerprint density at radius 1 is 1.50 bits per heavy atom. The molecule has 0 radical (unpaired) electrons. The van der Waals surface area contributed by atoms with E-state index in [0.29, 0.717) is 17.1 Å². The van der Waals surface area contributed by atoms with Crippen LogP contribution in [-0.2, 0) is 0 Å². The molecule has 0 aromatic heterocycles. The van der Waals surface area contributed by atoms with Crippen LogP contribution >= 0.6 is 0 Å². The van der Waals surface area contributed by atoms with Crippen LogP contribution < -0.4 is 9.47 Å². The molecule has 0 fully saturated rings. The molecule has 4 heteroatoms. The fourth-order valence-electron chi connectivity index (χ4n) is 1.22. The van der Waals surface area contributed by atoms with E-state index in [9.17, 15) is 4.79 Å². The van der Waals surface area contributed by atoms with Gasteiger partial charge >= 0.3 is 0 Å². The third-order valence-corrected chi connectivity index (χ3v) is 1.91. The fourth-order valence-corrected chi connectivity index (χ4v) is 1.22. The van der Waals surface area contributed by atoms with Gasteiger partial charge in [0.2, 0.25) is 6.10 Å². The summed E-state index contributed by atoms with van der Waals surface area (Å²) in [4.78, 5) is 10.5. The number of hydrogen-bond acceptors (Lipinski definition) is 4. The maximum atomic E-state index is 10.5. The normalized spacial score (nSPS) is 18.4. The van der Waals surface area contributed by atoms with Crippen LogP contribution in [0.4, 0.5) is 0 Å². The van der Waals surface area contributed by atoms with Gasteiger partial charge in [-0.25, -0.2) is 0 Å². The average Bonchev–Trinajstić information content (AvgIpc) is 2.27. The molecule has 0 spiro atoms. The van der Waals surface area contributed by atoms with Crippen LogP contribution in [-0.4, -0.2) is 19.0 Å². The lowest BCUT2D eigenvalue weighted by Crippen LogP contribution is -2.27.